The molecule has 102 valence electrons. The van der Waals surface area contributed by atoms with E-state index >= 15 is 0 Å². The Morgan fingerprint density at radius 1 is 1.16 bits per heavy atom. The van der Waals surface area contributed by atoms with Crippen LogP contribution in [0.1, 0.15) is 37.6 Å². The van der Waals surface area contributed by atoms with Crippen LogP contribution in [-0.2, 0) is 12.1 Å². The summed E-state index contributed by atoms with van der Waals surface area (Å²) in [5.41, 5.74) is 4.65. The standard InChI is InChI=1S/C15H22N4/c1-11-6-7-13(8-12(11)2)16-9-14-10-19(18-17-14)15(3,4)5/h6-8,10,16H,9H2,1-5H3. The van der Waals surface area contributed by atoms with Crippen LogP contribution in [0.2, 0.25) is 0 Å². The van der Waals surface area contributed by atoms with Crippen molar-refractivity contribution < 1.29 is 0 Å². The predicted octanol–water partition coefficient (Wildman–Crippen LogP) is 3.26. The molecule has 0 aliphatic carbocycles. The number of hydrogen-bond donors (Lipinski definition) is 1. The van der Waals surface area contributed by atoms with E-state index in [1.54, 1.807) is 0 Å². The Bertz CT molecular complexity index is 564. The Balaban J connectivity index is 2.02. The molecule has 0 amide bonds. The molecule has 1 aromatic heterocycles. The lowest BCUT2D eigenvalue weighted by molar-refractivity contribution is 0.347. The minimum absolute atomic E-state index is 0.0221. The summed E-state index contributed by atoms with van der Waals surface area (Å²) in [4.78, 5) is 0. The molecule has 0 atom stereocenters. The molecule has 4 heteroatoms. The van der Waals surface area contributed by atoms with Crippen molar-refractivity contribution in [3.63, 3.8) is 0 Å². The van der Waals surface area contributed by atoms with E-state index in [2.05, 4.69) is 68.4 Å². The van der Waals surface area contributed by atoms with Gasteiger partial charge in [-0.3, -0.25) is 0 Å². The topological polar surface area (TPSA) is 42.7 Å². The largest absolute Gasteiger partial charge is 0.379 e. The van der Waals surface area contributed by atoms with Gasteiger partial charge < -0.3 is 5.32 Å². The van der Waals surface area contributed by atoms with Gasteiger partial charge in [0.1, 0.15) is 5.69 Å². The molecule has 0 aliphatic heterocycles. The van der Waals surface area contributed by atoms with Crippen molar-refractivity contribution in [1.82, 2.24) is 15.0 Å². The molecule has 4 nitrogen and oxygen atoms in total. The van der Waals surface area contributed by atoms with Gasteiger partial charge in [0, 0.05) is 5.69 Å². The monoisotopic (exact) mass is 258 g/mol. The second-order valence-corrected chi connectivity index (χ2v) is 5.98. The smallest absolute Gasteiger partial charge is 0.102 e. The quantitative estimate of drug-likeness (QED) is 0.919. The third-order valence-electron chi connectivity index (χ3n) is 3.21. The van der Waals surface area contributed by atoms with Crippen molar-refractivity contribution in [2.24, 2.45) is 0 Å². The number of aromatic nitrogens is 3. The Hall–Kier alpha value is -1.84. The second kappa shape index (κ2) is 5.03. The molecule has 0 unspecified atom stereocenters. The lowest BCUT2D eigenvalue weighted by atomic mass is 10.1. The van der Waals surface area contributed by atoms with Crippen LogP contribution >= 0.6 is 0 Å². The van der Waals surface area contributed by atoms with E-state index in [-0.39, 0.29) is 5.54 Å². The van der Waals surface area contributed by atoms with Crippen LogP contribution < -0.4 is 5.32 Å². The Kier molecular flexibility index (Phi) is 3.60. The summed E-state index contributed by atoms with van der Waals surface area (Å²) >= 11 is 0. The third-order valence-corrected chi connectivity index (χ3v) is 3.21. The molecular formula is C15H22N4. The Labute approximate surface area is 114 Å². The van der Waals surface area contributed by atoms with Crippen LogP contribution in [0.4, 0.5) is 5.69 Å². The highest BCUT2D eigenvalue weighted by Gasteiger charge is 2.14. The maximum absolute atomic E-state index is 4.19. The van der Waals surface area contributed by atoms with Gasteiger partial charge in [-0.05, 0) is 57.9 Å². The van der Waals surface area contributed by atoms with Crippen LogP contribution in [0.25, 0.3) is 0 Å². The molecule has 1 aromatic carbocycles. The van der Waals surface area contributed by atoms with Crippen molar-refractivity contribution in [2.75, 3.05) is 5.32 Å². The molecule has 0 bridgehead atoms. The average Bonchev–Trinajstić information content (AvgIpc) is 2.79. The van der Waals surface area contributed by atoms with E-state index in [4.69, 9.17) is 0 Å². The molecule has 0 fully saturated rings. The summed E-state index contributed by atoms with van der Waals surface area (Å²) in [7, 11) is 0. The molecule has 0 aliphatic rings. The number of benzene rings is 1. The summed E-state index contributed by atoms with van der Waals surface area (Å²) < 4.78 is 1.89. The van der Waals surface area contributed by atoms with Gasteiger partial charge >= 0.3 is 0 Å². The molecule has 0 saturated heterocycles. The second-order valence-electron chi connectivity index (χ2n) is 5.98. The lowest BCUT2D eigenvalue weighted by Gasteiger charge is -2.17. The van der Waals surface area contributed by atoms with E-state index in [0.717, 1.165) is 11.4 Å². The minimum atomic E-state index is -0.0221. The number of anilines is 1. The van der Waals surface area contributed by atoms with Crippen LogP contribution in [0.5, 0.6) is 0 Å². The van der Waals surface area contributed by atoms with Gasteiger partial charge in [0.05, 0.1) is 18.3 Å². The van der Waals surface area contributed by atoms with Crippen molar-refractivity contribution in [2.45, 2.75) is 46.7 Å². The zero-order valence-corrected chi connectivity index (χ0v) is 12.4. The third kappa shape index (κ3) is 3.34. The van der Waals surface area contributed by atoms with E-state index < -0.39 is 0 Å². The number of nitrogens with one attached hydrogen (secondary N) is 1. The summed E-state index contributed by atoms with van der Waals surface area (Å²) in [5, 5.41) is 11.7. The number of rotatable bonds is 3. The minimum Gasteiger partial charge on any atom is -0.379 e. The Morgan fingerprint density at radius 3 is 2.47 bits per heavy atom. The summed E-state index contributed by atoms with van der Waals surface area (Å²) in [6.07, 6.45) is 1.99. The van der Waals surface area contributed by atoms with Crippen LogP contribution in [0, 0.1) is 13.8 Å². The van der Waals surface area contributed by atoms with E-state index in [9.17, 15) is 0 Å². The summed E-state index contributed by atoms with van der Waals surface area (Å²) in [5.74, 6) is 0. The SMILES string of the molecule is Cc1ccc(NCc2cn(C(C)(C)C)nn2)cc1C. The van der Waals surface area contributed by atoms with Crippen molar-refractivity contribution in [3.05, 3.63) is 41.2 Å². The molecular weight excluding hydrogens is 236 g/mol. The molecule has 0 spiro atoms. The Morgan fingerprint density at radius 2 is 1.89 bits per heavy atom. The summed E-state index contributed by atoms with van der Waals surface area (Å²) in [6, 6.07) is 6.38. The van der Waals surface area contributed by atoms with Crippen LogP contribution in [0.15, 0.2) is 24.4 Å². The van der Waals surface area contributed by atoms with Crippen molar-refractivity contribution in [3.8, 4) is 0 Å². The number of aryl methyl sites for hydroxylation is 2. The molecule has 1 heterocycles. The molecule has 2 aromatic rings. The fourth-order valence-electron chi connectivity index (χ4n) is 1.75. The van der Waals surface area contributed by atoms with Gasteiger partial charge in [0.25, 0.3) is 0 Å². The lowest BCUT2D eigenvalue weighted by Crippen LogP contribution is -2.22. The van der Waals surface area contributed by atoms with Gasteiger partial charge in [0.2, 0.25) is 0 Å². The first kappa shape index (κ1) is 13.6. The molecule has 19 heavy (non-hydrogen) atoms. The van der Waals surface area contributed by atoms with Gasteiger partial charge in [0.15, 0.2) is 0 Å². The number of nitrogens with zero attached hydrogens (tertiary/aromatic N) is 3. The van der Waals surface area contributed by atoms with E-state index in [1.807, 2.05) is 10.9 Å². The number of hydrogen-bond acceptors (Lipinski definition) is 3. The molecule has 2 rings (SSSR count). The van der Waals surface area contributed by atoms with Gasteiger partial charge in [-0.1, -0.05) is 11.3 Å². The molecule has 0 saturated carbocycles. The zero-order valence-electron chi connectivity index (χ0n) is 12.4. The highest BCUT2D eigenvalue weighted by atomic mass is 15.4. The predicted molar refractivity (Wildman–Crippen MR) is 78.3 cm³/mol. The van der Waals surface area contributed by atoms with Crippen LogP contribution in [0.3, 0.4) is 0 Å². The highest BCUT2D eigenvalue weighted by molar-refractivity contribution is 5.48. The van der Waals surface area contributed by atoms with Crippen LogP contribution in [-0.4, -0.2) is 15.0 Å². The first-order valence-electron chi connectivity index (χ1n) is 6.59. The fourth-order valence-corrected chi connectivity index (χ4v) is 1.75. The van der Waals surface area contributed by atoms with E-state index in [1.165, 1.54) is 11.1 Å². The normalized spacial score (nSPS) is 11.6. The maximum atomic E-state index is 4.19. The van der Waals surface area contributed by atoms with Gasteiger partial charge in [-0.25, -0.2) is 4.68 Å². The summed E-state index contributed by atoms with van der Waals surface area (Å²) in [6.45, 7) is 11.3. The van der Waals surface area contributed by atoms with Gasteiger partial charge in [-0.15, -0.1) is 5.10 Å². The highest BCUT2D eigenvalue weighted by Crippen LogP contribution is 2.16. The van der Waals surface area contributed by atoms with Crippen molar-refractivity contribution in [1.29, 1.82) is 0 Å². The van der Waals surface area contributed by atoms with E-state index in [0.29, 0.717) is 6.54 Å². The first-order valence-corrected chi connectivity index (χ1v) is 6.59. The average molecular weight is 258 g/mol. The molecule has 1 N–H and O–H groups in total. The van der Waals surface area contributed by atoms with Gasteiger partial charge in [-0.2, -0.15) is 0 Å². The first-order chi connectivity index (χ1) is 8.86. The maximum Gasteiger partial charge on any atom is 0.102 e. The fraction of sp³-hybridized carbons (Fsp3) is 0.467. The molecule has 0 radical (unpaired) electrons. The van der Waals surface area contributed by atoms with Crippen molar-refractivity contribution >= 4 is 5.69 Å². The zero-order chi connectivity index (χ0) is 14.0.